The Morgan fingerprint density at radius 3 is 2.73 bits per heavy atom. The second kappa shape index (κ2) is 4.51. The van der Waals surface area contributed by atoms with Gasteiger partial charge in [0.2, 0.25) is 0 Å². The molecule has 0 aliphatic heterocycles. The molecule has 2 rings (SSSR count). The number of rotatable bonds is 2. The fourth-order valence-corrected chi connectivity index (χ4v) is 2.14. The van der Waals surface area contributed by atoms with Gasteiger partial charge in [-0.1, -0.05) is 6.92 Å². The summed E-state index contributed by atoms with van der Waals surface area (Å²) in [5.74, 6) is 1.80. The number of hydrogen-bond donors (Lipinski definition) is 2. The number of nitrogen functional groups attached to an aromatic ring is 1. The van der Waals surface area contributed by atoms with E-state index in [9.17, 15) is 0 Å². The highest BCUT2D eigenvalue weighted by Crippen LogP contribution is 2.25. The molecule has 0 bridgehead atoms. The summed E-state index contributed by atoms with van der Waals surface area (Å²) in [6.45, 7) is 2.33. The third kappa shape index (κ3) is 2.85. The van der Waals surface area contributed by atoms with Crippen LogP contribution in [-0.4, -0.2) is 11.0 Å². The molecule has 0 spiro atoms. The minimum absolute atomic E-state index is 0.579. The molecule has 0 radical (unpaired) electrons. The monoisotopic (exact) mass is 205 g/mol. The molecule has 3 N–H and O–H groups in total. The van der Waals surface area contributed by atoms with Gasteiger partial charge in [0.15, 0.2) is 0 Å². The maximum Gasteiger partial charge on any atom is 0.128 e. The quantitative estimate of drug-likeness (QED) is 0.780. The lowest BCUT2D eigenvalue weighted by Gasteiger charge is -2.27. The summed E-state index contributed by atoms with van der Waals surface area (Å²) in [7, 11) is 0. The lowest BCUT2D eigenvalue weighted by Crippen LogP contribution is -2.25. The van der Waals surface area contributed by atoms with E-state index >= 15 is 0 Å². The van der Waals surface area contributed by atoms with E-state index in [1.807, 2.05) is 12.1 Å². The van der Waals surface area contributed by atoms with Crippen LogP contribution in [0.2, 0.25) is 0 Å². The third-order valence-electron chi connectivity index (χ3n) is 3.15. The molecule has 1 aromatic heterocycles. The van der Waals surface area contributed by atoms with Gasteiger partial charge in [-0.25, -0.2) is 4.98 Å². The molecule has 15 heavy (non-hydrogen) atoms. The predicted octanol–water partition coefficient (Wildman–Crippen LogP) is 2.65. The first kappa shape index (κ1) is 10.3. The van der Waals surface area contributed by atoms with Crippen molar-refractivity contribution in [1.82, 2.24) is 4.98 Å². The van der Waals surface area contributed by atoms with E-state index in [4.69, 9.17) is 5.73 Å². The van der Waals surface area contributed by atoms with Crippen LogP contribution in [0.5, 0.6) is 0 Å². The Balaban J connectivity index is 1.92. The summed E-state index contributed by atoms with van der Waals surface area (Å²) in [5.41, 5.74) is 6.48. The fraction of sp³-hybridized carbons (Fsp3) is 0.583. The number of pyridine rings is 1. The Morgan fingerprint density at radius 2 is 2.07 bits per heavy atom. The van der Waals surface area contributed by atoms with Gasteiger partial charge in [0.1, 0.15) is 5.82 Å². The zero-order valence-electron chi connectivity index (χ0n) is 9.24. The molecule has 1 fully saturated rings. The van der Waals surface area contributed by atoms with Gasteiger partial charge in [0.25, 0.3) is 0 Å². The van der Waals surface area contributed by atoms with Crippen LogP contribution in [0.15, 0.2) is 18.3 Å². The van der Waals surface area contributed by atoms with Gasteiger partial charge in [0.05, 0.1) is 0 Å². The van der Waals surface area contributed by atoms with Gasteiger partial charge >= 0.3 is 0 Å². The number of nitrogens with zero attached hydrogens (tertiary/aromatic N) is 1. The molecule has 1 heterocycles. The van der Waals surface area contributed by atoms with Crippen molar-refractivity contribution in [3.05, 3.63) is 18.3 Å². The molecule has 1 aliphatic carbocycles. The van der Waals surface area contributed by atoms with Crippen molar-refractivity contribution in [3.63, 3.8) is 0 Å². The molecule has 3 nitrogen and oxygen atoms in total. The Kier molecular flexibility index (Phi) is 3.09. The number of anilines is 2. The van der Waals surface area contributed by atoms with E-state index < -0.39 is 0 Å². The van der Waals surface area contributed by atoms with Gasteiger partial charge in [0, 0.05) is 24.0 Å². The molecule has 0 amide bonds. The molecule has 1 aromatic rings. The average Bonchev–Trinajstić information content (AvgIpc) is 2.22. The van der Waals surface area contributed by atoms with Crippen LogP contribution >= 0.6 is 0 Å². The molecule has 0 aromatic carbocycles. The van der Waals surface area contributed by atoms with Gasteiger partial charge in [-0.3, -0.25) is 0 Å². The average molecular weight is 205 g/mol. The van der Waals surface area contributed by atoms with E-state index in [2.05, 4.69) is 17.2 Å². The topological polar surface area (TPSA) is 50.9 Å². The Bertz CT molecular complexity index is 316. The second-order valence-corrected chi connectivity index (χ2v) is 4.58. The Labute approximate surface area is 91.1 Å². The van der Waals surface area contributed by atoms with Crippen molar-refractivity contribution < 1.29 is 0 Å². The zero-order valence-corrected chi connectivity index (χ0v) is 9.24. The van der Waals surface area contributed by atoms with Crippen molar-refractivity contribution in [2.45, 2.75) is 38.6 Å². The van der Waals surface area contributed by atoms with Crippen LogP contribution in [0.3, 0.4) is 0 Å². The molecule has 3 heteroatoms. The Hall–Kier alpha value is -1.25. The maximum atomic E-state index is 5.71. The van der Waals surface area contributed by atoms with E-state index in [1.54, 1.807) is 6.20 Å². The van der Waals surface area contributed by atoms with Crippen LogP contribution in [0.25, 0.3) is 0 Å². The molecule has 1 saturated carbocycles. The lowest BCUT2D eigenvalue weighted by atomic mass is 9.87. The number of hydrogen-bond acceptors (Lipinski definition) is 3. The molecule has 82 valence electrons. The van der Waals surface area contributed by atoms with Gasteiger partial charge in [-0.2, -0.15) is 0 Å². The summed E-state index contributed by atoms with van der Waals surface area (Å²) in [6, 6.07) is 4.29. The highest BCUT2D eigenvalue weighted by atomic mass is 15.0. The molecular weight excluding hydrogens is 186 g/mol. The zero-order chi connectivity index (χ0) is 10.7. The summed E-state index contributed by atoms with van der Waals surface area (Å²) in [4.78, 5) is 4.26. The highest BCUT2D eigenvalue weighted by molar-refractivity contribution is 5.48. The normalized spacial score (nSPS) is 26.2. The SMILES string of the molecule is CC1CCC(Nc2cc(N)ccn2)CC1. The molecule has 1 aliphatic rings. The molecular formula is C12H19N3. The fourth-order valence-electron chi connectivity index (χ4n) is 2.14. The van der Waals surface area contributed by atoms with Crippen LogP contribution in [0.4, 0.5) is 11.5 Å². The largest absolute Gasteiger partial charge is 0.399 e. The van der Waals surface area contributed by atoms with Crippen molar-refractivity contribution >= 4 is 11.5 Å². The van der Waals surface area contributed by atoms with Crippen molar-refractivity contribution in [3.8, 4) is 0 Å². The lowest BCUT2D eigenvalue weighted by molar-refractivity contribution is 0.361. The first-order chi connectivity index (χ1) is 7.24. The standard InChI is InChI=1S/C12H19N3/c1-9-2-4-11(5-3-9)15-12-8-10(13)6-7-14-12/h6-9,11H,2-5H2,1H3,(H3,13,14,15). The van der Waals surface area contributed by atoms with Crippen molar-refractivity contribution in [2.75, 3.05) is 11.1 Å². The van der Waals surface area contributed by atoms with Crippen LogP contribution in [-0.2, 0) is 0 Å². The van der Waals surface area contributed by atoms with Gasteiger partial charge in [-0.05, 0) is 37.7 Å². The predicted molar refractivity (Wildman–Crippen MR) is 63.7 cm³/mol. The summed E-state index contributed by atoms with van der Waals surface area (Å²) >= 11 is 0. The summed E-state index contributed by atoms with van der Waals surface area (Å²) in [6.07, 6.45) is 6.89. The minimum atomic E-state index is 0.579. The van der Waals surface area contributed by atoms with Gasteiger partial charge in [-0.15, -0.1) is 0 Å². The second-order valence-electron chi connectivity index (χ2n) is 4.58. The number of nitrogens with two attached hydrogens (primary N) is 1. The first-order valence-electron chi connectivity index (χ1n) is 5.72. The number of nitrogens with one attached hydrogen (secondary N) is 1. The van der Waals surface area contributed by atoms with E-state index in [1.165, 1.54) is 25.7 Å². The molecule has 0 atom stereocenters. The van der Waals surface area contributed by atoms with Crippen LogP contribution in [0, 0.1) is 5.92 Å². The van der Waals surface area contributed by atoms with E-state index in [-0.39, 0.29) is 0 Å². The van der Waals surface area contributed by atoms with Crippen molar-refractivity contribution in [2.24, 2.45) is 5.92 Å². The minimum Gasteiger partial charge on any atom is -0.399 e. The Morgan fingerprint density at radius 1 is 1.33 bits per heavy atom. The van der Waals surface area contributed by atoms with Crippen molar-refractivity contribution in [1.29, 1.82) is 0 Å². The molecule has 0 saturated heterocycles. The molecule has 0 unspecified atom stereocenters. The van der Waals surface area contributed by atoms with Crippen LogP contribution < -0.4 is 11.1 Å². The summed E-state index contributed by atoms with van der Waals surface area (Å²) in [5, 5.41) is 3.45. The van der Waals surface area contributed by atoms with Gasteiger partial charge < -0.3 is 11.1 Å². The van der Waals surface area contributed by atoms with Crippen LogP contribution in [0.1, 0.15) is 32.6 Å². The third-order valence-corrected chi connectivity index (χ3v) is 3.15. The smallest absolute Gasteiger partial charge is 0.128 e. The highest BCUT2D eigenvalue weighted by Gasteiger charge is 2.17. The summed E-state index contributed by atoms with van der Waals surface area (Å²) < 4.78 is 0. The number of aromatic nitrogens is 1. The maximum absolute atomic E-state index is 5.71. The van der Waals surface area contributed by atoms with E-state index in [0.29, 0.717) is 6.04 Å². The van der Waals surface area contributed by atoms with E-state index in [0.717, 1.165) is 17.4 Å². The first-order valence-corrected chi connectivity index (χ1v) is 5.72.